The first-order valence-electron chi connectivity index (χ1n) is 8.29. The summed E-state index contributed by atoms with van der Waals surface area (Å²) in [6, 6.07) is 10.0. The third-order valence-electron chi connectivity index (χ3n) is 4.05. The maximum atomic E-state index is 12.8. The van der Waals surface area contributed by atoms with Crippen LogP contribution >= 0.6 is 23.4 Å². The van der Waals surface area contributed by atoms with E-state index in [1.807, 2.05) is 0 Å². The normalized spacial score (nSPS) is 11.9. The molecule has 0 amide bonds. The minimum Gasteiger partial charge on any atom is -0.283 e. The summed E-state index contributed by atoms with van der Waals surface area (Å²) in [5, 5.41) is 1.33. The highest BCUT2D eigenvalue weighted by Gasteiger charge is 2.26. The molecule has 0 aliphatic carbocycles. The van der Waals surface area contributed by atoms with Crippen LogP contribution in [0.15, 0.2) is 70.0 Å². The predicted molar refractivity (Wildman–Crippen MR) is 110 cm³/mol. The monoisotopic (exact) mass is 456 g/mol. The van der Waals surface area contributed by atoms with Crippen LogP contribution in [0, 0.1) is 0 Å². The summed E-state index contributed by atoms with van der Waals surface area (Å²) in [5.41, 5.74) is 0.921. The van der Waals surface area contributed by atoms with Gasteiger partial charge >= 0.3 is 5.76 Å². The van der Waals surface area contributed by atoms with Crippen molar-refractivity contribution in [1.29, 1.82) is 0 Å². The fourth-order valence-corrected chi connectivity index (χ4v) is 4.45. The molecule has 5 nitrogen and oxygen atoms in total. The molecule has 1 aromatic heterocycles. The van der Waals surface area contributed by atoms with E-state index >= 15 is 0 Å². The van der Waals surface area contributed by atoms with Crippen molar-refractivity contribution in [2.45, 2.75) is 28.1 Å². The van der Waals surface area contributed by atoms with Crippen molar-refractivity contribution in [1.82, 2.24) is 9.55 Å². The summed E-state index contributed by atoms with van der Waals surface area (Å²) >= 11 is 7.25. The second-order valence-corrected chi connectivity index (χ2v) is 9.30. The number of benzene rings is 2. The standard InChI is InChI=1S/C19H15ClF2N2O3S2/c1-2-9-24-17(25)15-8-5-13(20)10-16(15)23-19(24)28-11-12-3-6-14(7-4-12)29(26,27)18(21)22/h2-8,10,18H,1,9,11H2. The van der Waals surface area contributed by atoms with E-state index in [4.69, 9.17) is 11.6 Å². The molecule has 3 rings (SSSR count). The van der Waals surface area contributed by atoms with E-state index in [1.165, 1.54) is 28.5 Å². The van der Waals surface area contributed by atoms with Gasteiger partial charge in [0.25, 0.3) is 5.56 Å². The molecular formula is C19H15ClF2N2O3S2. The molecule has 0 fully saturated rings. The lowest BCUT2D eigenvalue weighted by Gasteiger charge is -2.12. The molecular weight excluding hydrogens is 442 g/mol. The molecule has 0 aliphatic rings. The number of aromatic nitrogens is 2. The average molecular weight is 457 g/mol. The first kappa shape index (κ1) is 21.5. The summed E-state index contributed by atoms with van der Waals surface area (Å²) in [5.74, 6) is -3.12. The van der Waals surface area contributed by atoms with Gasteiger partial charge in [-0.15, -0.1) is 6.58 Å². The van der Waals surface area contributed by atoms with Crippen LogP contribution in [0.3, 0.4) is 0 Å². The molecule has 1 heterocycles. The van der Waals surface area contributed by atoms with Gasteiger partial charge in [0.15, 0.2) is 5.16 Å². The fraction of sp³-hybridized carbons (Fsp3) is 0.158. The van der Waals surface area contributed by atoms with E-state index in [1.54, 1.807) is 24.3 Å². The van der Waals surface area contributed by atoms with Crippen LogP contribution in [0.25, 0.3) is 10.9 Å². The van der Waals surface area contributed by atoms with Crippen molar-refractivity contribution >= 4 is 44.1 Å². The zero-order chi connectivity index (χ0) is 21.2. The Bertz CT molecular complexity index is 1230. The molecule has 0 unspecified atom stereocenters. The minimum atomic E-state index is -4.63. The lowest BCUT2D eigenvalue weighted by molar-refractivity contribution is 0.234. The Balaban J connectivity index is 1.91. The number of fused-ring (bicyclic) bond motifs is 1. The summed E-state index contributed by atoms with van der Waals surface area (Å²) in [6.07, 6.45) is 1.58. The molecule has 0 spiro atoms. The van der Waals surface area contributed by atoms with Crippen molar-refractivity contribution in [2.24, 2.45) is 0 Å². The van der Waals surface area contributed by atoms with E-state index < -0.39 is 20.5 Å². The Morgan fingerprint density at radius 1 is 1.21 bits per heavy atom. The Morgan fingerprint density at radius 2 is 1.90 bits per heavy atom. The lowest BCUT2D eigenvalue weighted by atomic mass is 10.2. The number of allylic oxidation sites excluding steroid dienone is 1. The summed E-state index contributed by atoms with van der Waals surface area (Å²) in [4.78, 5) is 16.8. The number of hydrogen-bond donors (Lipinski definition) is 0. The van der Waals surface area contributed by atoms with Crippen LogP contribution in [0.2, 0.25) is 5.02 Å². The number of nitrogens with zero attached hydrogens (tertiary/aromatic N) is 2. The second kappa shape index (κ2) is 8.64. The Hall–Kier alpha value is -2.23. The Kier molecular flexibility index (Phi) is 6.40. The van der Waals surface area contributed by atoms with Crippen LogP contribution in [0.4, 0.5) is 8.78 Å². The number of sulfone groups is 1. The largest absolute Gasteiger partial charge is 0.341 e. The molecule has 29 heavy (non-hydrogen) atoms. The van der Waals surface area contributed by atoms with Gasteiger partial charge in [-0.05, 0) is 35.9 Å². The maximum Gasteiger partial charge on any atom is 0.341 e. The van der Waals surface area contributed by atoms with Gasteiger partial charge in [-0.1, -0.05) is 41.6 Å². The van der Waals surface area contributed by atoms with Gasteiger partial charge in [0.05, 0.1) is 15.8 Å². The first-order valence-corrected chi connectivity index (χ1v) is 11.2. The topological polar surface area (TPSA) is 69.0 Å². The first-order chi connectivity index (χ1) is 13.7. The number of halogens is 3. The molecule has 0 N–H and O–H groups in total. The predicted octanol–water partition coefficient (Wildman–Crippen LogP) is 4.52. The van der Waals surface area contributed by atoms with Crippen molar-refractivity contribution < 1.29 is 17.2 Å². The molecule has 2 aromatic carbocycles. The molecule has 10 heteroatoms. The third kappa shape index (κ3) is 4.52. The van der Waals surface area contributed by atoms with E-state index in [0.29, 0.717) is 32.4 Å². The Morgan fingerprint density at radius 3 is 2.52 bits per heavy atom. The van der Waals surface area contributed by atoms with Crippen LogP contribution in [0.5, 0.6) is 0 Å². The third-order valence-corrected chi connectivity index (χ3v) is 6.73. The maximum absolute atomic E-state index is 12.8. The highest BCUT2D eigenvalue weighted by molar-refractivity contribution is 7.98. The highest BCUT2D eigenvalue weighted by atomic mass is 35.5. The number of rotatable bonds is 7. The fourth-order valence-electron chi connectivity index (χ4n) is 2.60. The lowest BCUT2D eigenvalue weighted by Crippen LogP contribution is -2.22. The molecule has 0 atom stereocenters. The van der Waals surface area contributed by atoms with Gasteiger partial charge in [0, 0.05) is 17.3 Å². The Labute approximate surface area is 174 Å². The molecule has 0 aliphatic heterocycles. The highest BCUT2D eigenvalue weighted by Crippen LogP contribution is 2.25. The molecule has 0 saturated heterocycles. The van der Waals surface area contributed by atoms with E-state index in [0.717, 1.165) is 12.1 Å². The summed E-state index contributed by atoms with van der Waals surface area (Å²) < 4.78 is 49.7. The summed E-state index contributed by atoms with van der Waals surface area (Å²) in [6.45, 7) is 3.92. The van der Waals surface area contributed by atoms with Crippen LogP contribution in [-0.4, -0.2) is 23.7 Å². The van der Waals surface area contributed by atoms with Crippen LogP contribution in [0.1, 0.15) is 5.56 Å². The van der Waals surface area contributed by atoms with E-state index in [2.05, 4.69) is 11.6 Å². The van der Waals surface area contributed by atoms with Gasteiger partial charge < -0.3 is 0 Å². The van der Waals surface area contributed by atoms with Crippen molar-refractivity contribution in [3.8, 4) is 0 Å². The van der Waals surface area contributed by atoms with Gasteiger partial charge in [0.1, 0.15) is 0 Å². The molecule has 0 bridgehead atoms. The SMILES string of the molecule is C=CCn1c(SCc2ccc(S(=O)(=O)C(F)F)cc2)nc2cc(Cl)ccc2c1=O. The number of thioether (sulfide) groups is 1. The molecule has 3 aromatic rings. The second-order valence-electron chi connectivity index (χ2n) is 6.00. The smallest absolute Gasteiger partial charge is 0.283 e. The molecule has 0 radical (unpaired) electrons. The van der Waals surface area contributed by atoms with Gasteiger partial charge in [-0.3, -0.25) is 9.36 Å². The quantitative estimate of drug-likeness (QED) is 0.297. The molecule has 0 saturated carbocycles. The van der Waals surface area contributed by atoms with Crippen LogP contribution in [-0.2, 0) is 22.1 Å². The minimum absolute atomic E-state index is 0.229. The van der Waals surface area contributed by atoms with E-state index in [-0.39, 0.29) is 12.1 Å². The van der Waals surface area contributed by atoms with Gasteiger partial charge in [0.2, 0.25) is 9.84 Å². The van der Waals surface area contributed by atoms with Gasteiger partial charge in [-0.25, -0.2) is 13.4 Å². The zero-order valence-electron chi connectivity index (χ0n) is 14.9. The average Bonchev–Trinajstić information content (AvgIpc) is 2.69. The molecule has 152 valence electrons. The van der Waals surface area contributed by atoms with E-state index in [9.17, 15) is 22.0 Å². The van der Waals surface area contributed by atoms with Gasteiger partial charge in [-0.2, -0.15) is 8.78 Å². The van der Waals surface area contributed by atoms with Crippen molar-refractivity contribution in [3.63, 3.8) is 0 Å². The van der Waals surface area contributed by atoms with Crippen LogP contribution < -0.4 is 5.56 Å². The summed E-state index contributed by atoms with van der Waals surface area (Å²) in [7, 11) is -4.63. The van der Waals surface area contributed by atoms with Crippen molar-refractivity contribution in [3.05, 3.63) is 76.1 Å². The number of alkyl halides is 2. The van der Waals surface area contributed by atoms with Crippen molar-refractivity contribution in [2.75, 3.05) is 0 Å². The zero-order valence-corrected chi connectivity index (χ0v) is 17.3. The number of hydrogen-bond acceptors (Lipinski definition) is 5.